The number of rotatable bonds is 4. The minimum absolute atomic E-state index is 0. The first kappa shape index (κ1) is 33.5. The van der Waals surface area contributed by atoms with Gasteiger partial charge in [-0.05, 0) is 81.7 Å². The first-order valence-electron chi connectivity index (χ1n) is 14.7. The minimum atomic E-state index is -1.69. The molecule has 0 aliphatic heterocycles. The zero-order valence-corrected chi connectivity index (χ0v) is 30.3. The van der Waals surface area contributed by atoms with Crippen LogP contribution < -0.4 is 0 Å². The normalized spacial score (nSPS) is 29.9. The Morgan fingerprint density at radius 2 is 1.24 bits per heavy atom. The summed E-state index contributed by atoms with van der Waals surface area (Å²) in [4.78, 5) is 0. The van der Waals surface area contributed by atoms with E-state index >= 15 is 0 Å². The van der Waals surface area contributed by atoms with Gasteiger partial charge in [0.15, 0.2) is 0 Å². The predicted octanol–water partition coefficient (Wildman–Crippen LogP) is 11.9. The van der Waals surface area contributed by atoms with Crippen LogP contribution in [0.2, 0.25) is 24.2 Å². The molecule has 0 amide bonds. The molecule has 8 atom stereocenters. The molecule has 2 saturated carbocycles. The van der Waals surface area contributed by atoms with Crippen molar-refractivity contribution in [3.63, 3.8) is 0 Å². The third-order valence-corrected chi connectivity index (χ3v) is 15.7. The molecule has 4 aliphatic rings. The number of fused-ring (bicyclic) bond motifs is 4. The fourth-order valence-electron chi connectivity index (χ4n) is 8.97. The van der Waals surface area contributed by atoms with Crippen LogP contribution >= 0.6 is 17.0 Å². The van der Waals surface area contributed by atoms with Gasteiger partial charge in [-0.15, -0.1) is 0 Å². The average Bonchev–Trinajstić information content (AvgIpc) is 3.59. The van der Waals surface area contributed by atoms with E-state index in [1.807, 2.05) is 0 Å². The van der Waals surface area contributed by atoms with Gasteiger partial charge < -0.3 is 14.9 Å². The number of benzene rings is 3. The Morgan fingerprint density at radius 1 is 0.643 bits per heavy atom. The predicted molar refractivity (Wildman–Crippen MR) is 184 cm³/mol. The van der Waals surface area contributed by atoms with Gasteiger partial charge in [0.05, 0.1) is 8.07 Å². The Bertz CT molecular complexity index is 1380. The van der Waals surface area contributed by atoms with Crippen LogP contribution in [0.25, 0.3) is 6.08 Å². The topological polar surface area (TPSA) is 0 Å². The van der Waals surface area contributed by atoms with Crippen molar-refractivity contribution < 1.29 is 20.8 Å². The molecular weight excluding hydrogens is 647 g/mol. The Labute approximate surface area is 275 Å². The van der Waals surface area contributed by atoms with Gasteiger partial charge in [-0.25, -0.2) is 0 Å². The van der Waals surface area contributed by atoms with E-state index in [0.29, 0.717) is 35.5 Å². The molecule has 4 heteroatoms. The second-order valence-electron chi connectivity index (χ2n) is 12.6. The molecule has 0 bridgehead atoms. The van der Waals surface area contributed by atoms with Crippen molar-refractivity contribution >= 4 is 31.2 Å². The summed E-state index contributed by atoms with van der Waals surface area (Å²) in [7, 11) is 8.17. The quantitative estimate of drug-likeness (QED) is 0.189. The van der Waals surface area contributed by atoms with Crippen molar-refractivity contribution in [3.05, 3.63) is 152 Å². The molecule has 0 radical (unpaired) electrons. The van der Waals surface area contributed by atoms with Crippen LogP contribution in [0.5, 0.6) is 0 Å². The van der Waals surface area contributed by atoms with Crippen LogP contribution in [0, 0.1) is 32.6 Å². The molecule has 2 fully saturated rings. The Kier molecular flexibility index (Phi) is 11.6. The maximum atomic E-state index is 4.93. The summed E-state index contributed by atoms with van der Waals surface area (Å²) in [5.74, 6) is 3.83. The molecular formula is C38H44Cl2SiZr. The summed E-state index contributed by atoms with van der Waals surface area (Å²) in [6.07, 6.45) is 17.4. The molecule has 218 valence electrons. The summed E-state index contributed by atoms with van der Waals surface area (Å²) in [5.41, 5.74) is 7.72. The Balaban J connectivity index is 0.000000779. The summed E-state index contributed by atoms with van der Waals surface area (Å²) < 4.78 is 0. The molecule has 0 nitrogen and oxygen atoms in total. The van der Waals surface area contributed by atoms with Crippen molar-refractivity contribution in [2.75, 3.05) is 0 Å². The van der Waals surface area contributed by atoms with Crippen molar-refractivity contribution in [2.45, 2.75) is 54.8 Å². The number of allylic oxidation sites excluding steroid dienone is 5. The van der Waals surface area contributed by atoms with Crippen LogP contribution in [0.4, 0.5) is 0 Å². The van der Waals surface area contributed by atoms with E-state index in [4.69, 9.17) is 17.0 Å². The SMILES string of the molecule is C[Si](C)(C1CC(c2ccccc2)C2c3ccccc3C=CC21)C1CC2C=CC=CC2C1c1ccccc1.[CH3-].[CH3-].[Cl][Zr+2][Cl]. The molecule has 7 rings (SSSR count). The van der Waals surface area contributed by atoms with Gasteiger partial charge in [0, 0.05) is 0 Å². The zero-order chi connectivity index (χ0) is 27.7. The second-order valence-corrected chi connectivity index (χ2v) is 21.5. The van der Waals surface area contributed by atoms with E-state index in [0.717, 1.165) is 11.1 Å². The molecule has 0 spiro atoms. The second kappa shape index (κ2) is 14.6. The van der Waals surface area contributed by atoms with Crippen LogP contribution in [0.3, 0.4) is 0 Å². The fourth-order valence-corrected chi connectivity index (χ4v) is 13.9. The van der Waals surface area contributed by atoms with Crippen molar-refractivity contribution in [1.82, 2.24) is 0 Å². The zero-order valence-electron chi connectivity index (χ0n) is 25.3. The van der Waals surface area contributed by atoms with Crippen molar-refractivity contribution in [1.29, 1.82) is 0 Å². The van der Waals surface area contributed by atoms with E-state index in [1.165, 1.54) is 18.4 Å². The van der Waals surface area contributed by atoms with E-state index in [2.05, 4.69) is 134 Å². The molecule has 3 aromatic carbocycles. The first-order chi connectivity index (χ1) is 19.5. The number of hydrogen-bond donors (Lipinski definition) is 0. The molecule has 8 unspecified atom stereocenters. The number of halogens is 2. The van der Waals surface area contributed by atoms with E-state index in [9.17, 15) is 0 Å². The summed E-state index contributed by atoms with van der Waals surface area (Å²) in [5, 5.41) is 0. The molecule has 0 aromatic heterocycles. The van der Waals surface area contributed by atoms with Crippen molar-refractivity contribution in [2.24, 2.45) is 17.8 Å². The molecule has 4 aliphatic carbocycles. The average molecular weight is 691 g/mol. The molecule has 3 aromatic rings. The van der Waals surface area contributed by atoms with Crippen LogP contribution in [-0.4, -0.2) is 8.07 Å². The van der Waals surface area contributed by atoms with E-state index in [1.54, 1.807) is 16.7 Å². The Morgan fingerprint density at radius 3 is 1.93 bits per heavy atom. The van der Waals surface area contributed by atoms with Gasteiger partial charge in [-0.3, -0.25) is 0 Å². The molecule has 0 N–H and O–H groups in total. The summed E-state index contributed by atoms with van der Waals surface area (Å²) in [6.45, 7) is 5.53. The van der Waals surface area contributed by atoms with Gasteiger partial charge >= 0.3 is 37.9 Å². The first-order valence-corrected chi connectivity index (χ1v) is 24.2. The third kappa shape index (κ3) is 6.21. The summed E-state index contributed by atoms with van der Waals surface area (Å²) >= 11 is -0.826. The van der Waals surface area contributed by atoms with Gasteiger partial charge in [0.1, 0.15) is 0 Å². The monoisotopic (exact) mass is 688 g/mol. The fraction of sp³-hybridized carbons (Fsp3) is 0.316. The van der Waals surface area contributed by atoms with Crippen LogP contribution in [0.1, 0.15) is 52.8 Å². The molecule has 0 heterocycles. The Hall–Kier alpha value is -1.44. The van der Waals surface area contributed by atoms with Gasteiger partial charge in [-0.2, -0.15) is 0 Å². The van der Waals surface area contributed by atoms with Crippen molar-refractivity contribution in [3.8, 4) is 0 Å². The molecule has 0 saturated heterocycles. The number of hydrogen-bond acceptors (Lipinski definition) is 0. The summed E-state index contributed by atoms with van der Waals surface area (Å²) in [6, 6.07) is 32.2. The van der Waals surface area contributed by atoms with Gasteiger partial charge in [0.2, 0.25) is 0 Å². The van der Waals surface area contributed by atoms with E-state index < -0.39 is 28.9 Å². The van der Waals surface area contributed by atoms with Gasteiger partial charge in [-0.1, -0.05) is 134 Å². The third-order valence-electron chi connectivity index (χ3n) is 10.7. The van der Waals surface area contributed by atoms with Crippen LogP contribution in [-0.2, 0) is 20.8 Å². The maximum absolute atomic E-state index is 4.93. The molecule has 42 heavy (non-hydrogen) atoms. The van der Waals surface area contributed by atoms with Crippen LogP contribution in [0.15, 0.2) is 115 Å². The van der Waals surface area contributed by atoms with E-state index in [-0.39, 0.29) is 14.9 Å². The van der Waals surface area contributed by atoms with Gasteiger partial charge in [0.25, 0.3) is 0 Å². The standard InChI is InChI=1S/C36H38Si.2CH3.2ClH.Zr/c1-37(2,34-23-28-18-10-12-20-30(28)35(34)27-16-7-4-8-17-27)33-24-32(25-13-5-3-6-14-25)36-29-19-11-9-15-26(29)21-22-31(33)36;;;;;/h3-22,28,30-36H,23-24H2,1-2H3;2*1H3;2*1H;/q;2*-1;;;+4/p-2.